The minimum atomic E-state index is -0.595. The largest absolute Gasteiger partial charge is 0.428 e. The normalized spacial score (nSPS) is 18.2. The Hall–Kier alpha value is -1.39. The minimum absolute atomic E-state index is 0.323. The Labute approximate surface area is 106 Å². The van der Waals surface area contributed by atoms with Gasteiger partial charge in [-0.1, -0.05) is 28.1 Å². The Bertz CT molecular complexity index is 621. The highest BCUT2D eigenvalue weighted by molar-refractivity contribution is 9.10. The van der Waals surface area contributed by atoms with E-state index in [-0.39, 0.29) is 5.97 Å². The molecule has 1 unspecified atom stereocenters. The van der Waals surface area contributed by atoms with E-state index in [9.17, 15) is 4.79 Å². The number of benzene rings is 2. The molecular formula is C13H9BrO3. The van der Waals surface area contributed by atoms with Crippen molar-refractivity contribution in [3.05, 3.63) is 45.9 Å². The van der Waals surface area contributed by atoms with Crippen molar-refractivity contribution < 1.29 is 14.3 Å². The first kappa shape index (κ1) is 10.7. The number of rotatable bonds is 1. The van der Waals surface area contributed by atoms with Crippen LogP contribution < -0.4 is 0 Å². The highest BCUT2D eigenvalue weighted by Gasteiger charge is 2.32. The van der Waals surface area contributed by atoms with E-state index in [0.29, 0.717) is 5.56 Å². The fourth-order valence-electron chi connectivity index (χ4n) is 2.14. The molecule has 1 aliphatic heterocycles. The van der Waals surface area contributed by atoms with Crippen molar-refractivity contribution in [3.8, 4) is 0 Å². The predicted octanol–water partition coefficient (Wildman–Crippen LogP) is 3.42. The zero-order valence-electron chi connectivity index (χ0n) is 9.07. The quantitative estimate of drug-likeness (QED) is 0.756. The maximum absolute atomic E-state index is 11.6. The Morgan fingerprint density at radius 2 is 2.12 bits per heavy atom. The van der Waals surface area contributed by atoms with E-state index in [0.717, 1.165) is 20.8 Å². The van der Waals surface area contributed by atoms with Crippen molar-refractivity contribution >= 4 is 32.7 Å². The van der Waals surface area contributed by atoms with Crippen molar-refractivity contribution in [2.24, 2.45) is 0 Å². The fourth-order valence-corrected chi connectivity index (χ4v) is 2.52. The highest BCUT2D eigenvalue weighted by atomic mass is 79.9. The molecule has 3 rings (SSSR count). The molecule has 0 amide bonds. The van der Waals surface area contributed by atoms with Crippen molar-refractivity contribution in [1.29, 1.82) is 0 Å². The number of hydrogen-bond acceptors (Lipinski definition) is 3. The van der Waals surface area contributed by atoms with Gasteiger partial charge in [0, 0.05) is 17.1 Å². The molecule has 4 heteroatoms. The van der Waals surface area contributed by atoms with Gasteiger partial charge < -0.3 is 9.47 Å². The van der Waals surface area contributed by atoms with Gasteiger partial charge in [-0.05, 0) is 29.0 Å². The third-order valence-electron chi connectivity index (χ3n) is 2.91. The average Bonchev–Trinajstić information content (AvgIpc) is 2.66. The van der Waals surface area contributed by atoms with Crippen LogP contribution >= 0.6 is 15.9 Å². The molecule has 0 spiro atoms. The number of carbonyl (C=O) groups excluding carboxylic acids is 1. The van der Waals surface area contributed by atoms with E-state index < -0.39 is 6.29 Å². The predicted molar refractivity (Wildman–Crippen MR) is 66.8 cm³/mol. The summed E-state index contributed by atoms with van der Waals surface area (Å²) in [6.07, 6.45) is -0.595. The van der Waals surface area contributed by atoms with Crippen LogP contribution in [0.2, 0.25) is 0 Å². The standard InChI is InChI=1S/C13H9BrO3/c1-16-13-11-9-5-3-8(14)6-7(9)2-4-10(11)12(15)17-13/h2-6,13H,1H3. The summed E-state index contributed by atoms with van der Waals surface area (Å²) in [7, 11) is 1.53. The van der Waals surface area contributed by atoms with Crippen LogP contribution in [0.5, 0.6) is 0 Å². The lowest BCUT2D eigenvalue weighted by Gasteiger charge is -2.10. The van der Waals surface area contributed by atoms with E-state index in [1.54, 1.807) is 6.07 Å². The summed E-state index contributed by atoms with van der Waals surface area (Å²) in [4.78, 5) is 11.6. The summed E-state index contributed by atoms with van der Waals surface area (Å²) in [5, 5.41) is 2.04. The van der Waals surface area contributed by atoms with Gasteiger partial charge in [-0.3, -0.25) is 0 Å². The smallest absolute Gasteiger partial charge is 0.341 e. The van der Waals surface area contributed by atoms with Gasteiger partial charge in [0.05, 0.1) is 5.56 Å². The van der Waals surface area contributed by atoms with E-state index in [1.165, 1.54) is 7.11 Å². The average molecular weight is 293 g/mol. The molecule has 17 heavy (non-hydrogen) atoms. The van der Waals surface area contributed by atoms with Crippen LogP contribution in [0.25, 0.3) is 10.8 Å². The number of hydrogen-bond donors (Lipinski definition) is 0. The summed E-state index contributed by atoms with van der Waals surface area (Å²) >= 11 is 3.43. The number of cyclic esters (lactones) is 1. The van der Waals surface area contributed by atoms with Gasteiger partial charge in [-0.15, -0.1) is 0 Å². The molecule has 1 aliphatic rings. The van der Waals surface area contributed by atoms with Crippen LogP contribution in [0.3, 0.4) is 0 Å². The number of fused-ring (bicyclic) bond motifs is 3. The second kappa shape index (κ2) is 3.82. The van der Waals surface area contributed by atoms with Crippen molar-refractivity contribution in [2.75, 3.05) is 7.11 Å². The fraction of sp³-hybridized carbons (Fsp3) is 0.154. The van der Waals surface area contributed by atoms with Gasteiger partial charge in [0.25, 0.3) is 0 Å². The van der Waals surface area contributed by atoms with Crippen LogP contribution in [0, 0.1) is 0 Å². The molecule has 0 N–H and O–H groups in total. The zero-order chi connectivity index (χ0) is 12.0. The topological polar surface area (TPSA) is 35.5 Å². The molecule has 0 aromatic heterocycles. The molecule has 2 aromatic rings. The molecule has 0 radical (unpaired) electrons. The lowest BCUT2D eigenvalue weighted by atomic mass is 10.0. The summed E-state index contributed by atoms with van der Waals surface area (Å²) in [5.41, 5.74) is 1.41. The Morgan fingerprint density at radius 3 is 2.88 bits per heavy atom. The summed E-state index contributed by atoms with van der Waals surface area (Å²) in [5.74, 6) is -0.323. The molecule has 0 aliphatic carbocycles. The SMILES string of the molecule is COC1OC(=O)c2ccc3cc(Br)ccc3c21. The third-order valence-corrected chi connectivity index (χ3v) is 3.40. The number of esters is 1. The van der Waals surface area contributed by atoms with Crippen LogP contribution in [-0.2, 0) is 9.47 Å². The summed E-state index contributed by atoms with van der Waals surface area (Å²) in [6.45, 7) is 0. The van der Waals surface area contributed by atoms with Crippen molar-refractivity contribution in [3.63, 3.8) is 0 Å². The number of methoxy groups -OCH3 is 1. The summed E-state index contributed by atoms with van der Waals surface area (Å²) in [6, 6.07) is 9.61. The van der Waals surface area contributed by atoms with Gasteiger partial charge in [-0.2, -0.15) is 0 Å². The van der Waals surface area contributed by atoms with Crippen molar-refractivity contribution in [2.45, 2.75) is 6.29 Å². The van der Waals surface area contributed by atoms with Crippen LogP contribution in [0.1, 0.15) is 22.2 Å². The van der Waals surface area contributed by atoms with Gasteiger partial charge in [0.15, 0.2) is 0 Å². The molecular weight excluding hydrogens is 284 g/mol. The number of ether oxygens (including phenoxy) is 2. The van der Waals surface area contributed by atoms with Crippen LogP contribution in [-0.4, -0.2) is 13.1 Å². The Kier molecular flexibility index (Phi) is 2.42. The van der Waals surface area contributed by atoms with E-state index in [1.807, 2.05) is 24.3 Å². The molecule has 1 heterocycles. The number of halogens is 1. The minimum Gasteiger partial charge on any atom is -0.428 e. The zero-order valence-corrected chi connectivity index (χ0v) is 10.7. The maximum Gasteiger partial charge on any atom is 0.341 e. The lowest BCUT2D eigenvalue weighted by Crippen LogP contribution is -2.00. The molecule has 0 bridgehead atoms. The van der Waals surface area contributed by atoms with Crippen LogP contribution in [0.4, 0.5) is 0 Å². The van der Waals surface area contributed by atoms with Gasteiger partial charge in [0.1, 0.15) is 0 Å². The molecule has 0 fully saturated rings. The Morgan fingerprint density at radius 1 is 1.29 bits per heavy atom. The van der Waals surface area contributed by atoms with Crippen LogP contribution in [0.15, 0.2) is 34.8 Å². The van der Waals surface area contributed by atoms with Gasteiger partial charge in [0.2, 0.25) is 6.29 Å². The highest BCUT2D eigenvalue weighted by Crippen LogP contribution is 2.37. The first-order valence-corrected chi connectivity index (χ1v) is 5.96. The van der Waals surface area contributed by atoms with Crippen molar-refractivity contribution in [1.82, 2.24) is 0 Å². The van der Waals surface area contributed by atoms with Gasteiger partial charge in [-0.25, -0.2) is 4.79 Å². The second-order valence-electron chi connectivity index (χ2n) is 3.87. The molecule has 3 nitrogen and oxygen atoms in total. The number of carbonyl (C=O) groups is 1. The van der Waals surface area contributed by atoms with E-state index in [4.69, 9.17) is 9.47 Å². The molecule has 86 valence electrons. The Balaban J connectivity index is 2.35. The first-order chi connectivity index (χ1) is 8.20. The van der Waals surface area contributed by atoms with E-state index in [2.05, 4.69) is 15.9 Å². The lowest BCUT2D eigenvalue weighted by molar-refractivity contribution is -0.0808. The second-order valence-corrected chi connectivity index (χ2v) is 4.78. The maximum atomic E-state index is 11.6. The molecule has 0 saturated heterocycles. The molecule has 2 aromatic carbocycles. The monoisotopic (exact) mass is 292 g/mol. The summed E-state index contributed by atoms with van der Waals surface area (Å²) < 4.78 is 11.3. The van der Waals surface area contributed by atoms with E-state index >= 15 is 0 Å². The molecule has 0 saturated carbocycles. The first-order valence-electron chi connectivity index (χ1n) is 5.16. The molecule has 1 atom stereocenters. The van der Waals surface area contributed by atoms with Gasteiger partial charge >= 0.3 is 5.97 Å². The third kappa shape index (κ3) is 1.56.